The van der Waals surface area contributed by atoms with Crippen LogP contribution in [0.25, 0.3) is 0 Å². The number of hydrogen-bond acceptors (Lipinski definition) is 3. The van der Waals surface area contributed by atoms with Crippen molar-refractivity contribution in [3.8, 4) is 0 Å². The summed E-state index contributed by atoms with van der Waals surface area (Å²) in [6.45, 7) is 4.53. The number of nitrogens with zero attached hydrogens (tertiary/aromatic N) is 2. The fourth-order valence-corrected chi connectivity index (χ4v) is 2.32. The summed E-state index contributed by atoms with van der Waals surface area (Å²) < 4.78 is 0. The second kappa shape index (κ2) is 5.84. The van der Waals surface area contributed by atoms with Crippen LogP contribution in [0.3, 0.4) is 0 Å². The molecule has 0 aliphatic heterocycles. The summed E-state index contributed by atoms with van der Waals surface area (Å²) in [5, 5.41) is 5.34. The van der Waals surface area contributed by atoms with E-state index in [-0.39, 0.29) is 6.03 Å². The van der Waals surface area contributed by atoms with E-state index in [9.17, 15) is 4.79 Å². The molecule has 1 aromatic heterocycles. The molecule has 0 bridgehead atoms. The van der Waals surface area contributed by atoms with Gasteiger partial charge in [0.15, 0.2) is 5.13 Å². The first-order valence-corrected chi connectivity index (χ1v) is 6.92. The van der Waals surface area contributed by atoms with Crippen LogP contribution in [0.15, 0.2) is 29.6 Å². The monoisotopic (exact) mass is 275 g/mol. The number of carbonyl (C=O) groups excluding carboxylic acids is 1. The lowest BCUT2D eigenvalue weighted by atomic mass is 10.1. The molecule has 4 nitrogen and oxygen atoms in total. The second-order valence-corrected chi connectivity index (χ2v) is 5.42. The number of aryl methyl sites for hydroxylation is 2. The van der Waals surface area contributed by atoms with Crippen LogP contribution in [-0.2, 0) is 6.54 Å². The molecular formula is C14H17N3OS. The predicted molar refractivity (Wildman–Crippen MR) is 78.5 cm³/mol. The second-order valence-electron chi connectivity index (χ2n) is 4.57. The number of aromatic nitrogens is 1. The van der Waals surface area contributed by atoms with E-state index in [0.29, 0.717) is 11.7 Å². The number of benzene rings is 1. The molecule has 0 aliphatic carbocycles. The molecule has 2 aromatic rings. The van der Waals surface area contributed by atoms with Crippen LogP contribution >= 0.6 is 11.3 Å². The highest BCUT2D eigenvalue weighted by Crippen LogP contribution is 2.15. The van der Waals surface area contributed by atoms with Gasteiger partial charge in [0, 0.05) is 19.0 Å². The fourth-order valence-electron chi connectivity index (χ4n) is 1.64. The number of hydrogen-bond donors (Lipinski definition) is 1. The third-order valence-corrected chi connectivity index (χ3v) is 3.60. The Balaban J connectivity index is 1.94. The Hall–Kier alpha value is -1.88. The van der Waals surface area contributed by atoms with Crippen molar-refractivity contribution in [2.24, 2.45) is 0 Å². The van der Waals surface area contributed by atoms with Crippen LogP contribution in [0.1, 0.15) is 16.8 Å². The zero-order chi connectivity index (χ0) is 13.8. The number of anilines is 1. The summed E-state index contributed by atoms with van der Waals surface area (Å²) in [5.41, 5.74) is 3.24. The lowest BCUT2D eigenvalue weighted by molar-refractivity contribution is 0.220. The van der Waals surface area contributed by atoms with E-state index in [4.69, 9.17) is 0 Å². The zero-order valence-corrected chi connectivity index (χ0v) is 12.1. The minimum Gasteiger partial charge on any atom is -0.323 e. The molecule has 0 fully saturated rings. The smallest absolute Gasteiger partial charge is 0.323 e. The molecule has 2 amide bonds. The van der Waals surface area contributed by atoms with E-state index in [1.165, 1.54) is 16.9 Å². The highest BCUT2D eigenvalue weighted by molar-refractivity contribution is 7.13. The number of nitrogens with one attached hydrogen (secondary N) is 1. The maximum atomic E-state index is 12.0. The summed E-state index contributed by atoms with van der Waals surface area (Å²) in [6, 6.07) is 8.02. The normalized spacial score (nSPS) is 10.3. The van der Waals surface area contributed by atoms with Crippen LogP contribution in [-0.4, -0.2) is 23.0 Å². The molecule has 0 spiro atoms. The fraction of sp³-hybridized carbons (Fsp3) is 0.286. The first-order chi connectivity index (χ1) is 9.04. The van der Waals surface area contributed by atoms with Crippen molar-refractivity contribution in [1.29, 1.82) is 0 Å². The molecular weight excluding hydrogens is 258 g/mol. The van der Waals surface area contributed by atoms with Gasteiger partial charge in [-0.1, -0.05) is 29.8 Å². The van der Waals surface area contributed by atoms with Crippen LogP contribution < -0.4 is 5.32 Å². The molecule has 1 heterocycles. The van der Waals surface area contributed by atoms with Gasteiger partial charge in [-0.25, -0.2) is 9.78 Å². The summed E-state index contributed by atoms with van der Waals surface area (Å²) in [6.07, 6.45) is 0. The van der Waals surface area contributed by atoms with Gasteiger partial charge in [-0.15, -0.1) is 11.3 Å². The maximum Gasteiger partial charge on any atom is 0.323 e. The van der Waals surface area contributed by atoms with Gasteiger partial charge in [0.2, 0.25) is 0 Å². The third kappa shape index (κ3) is 3.79. The number of amides is 2. The third-order valence-electron chi connectivity index (χ3n) is 2.72. The van der Waals surface area contributed by atoms with Gasteiger partial charge < -0.3 is 4.90 Å². The van der Waals surface area contributed by atoms with Crippen molar-refractivity contribution in [2.45, 2.75) is 20.4 Å². The highest BCUT2D eigenvalue weighted by Gasteiger charge is 2.10. The van der Waals surface area contributed by atoms with Crippen molar-refractivity contribution in [2.75, 3.05) is 12.4 Å². The molecule has 0 aliphatic rings. The van der Waals surface area contributed by atoms with Gasteiger partial charge in [-0.05, 0) is 19.4 Å². The molecule has 1 N–H and O–H groups in total. The van der Waals surface area contributed by atoms with Crippen LogP contribution in [0.2, 0.25) is 0 Å². The first-order valence-electron chi connectivity index (χ1n) is 6.04. The lowest BCUT2D eigenvalue weighted by Gasteiger charge is -2.17. The molecule has 0 saturated heterocycles. The SMILES string of the molecule is Cc1ccc(CN(C)C(=O)Nc2nc(C)cs2)cc1. The Morgan fingerprint density at radius 2 is 2.00 bits per heavy atom. The Labute approximate surface area is 117 Å². The summed E-state index contributed by atoms with van der Waals surface area (Å²) in [5.74, 6) is 0. The van der Waals surface area contributed by atoms with Gasteiger partial charge in [-0.2, -0.15) is 0 Å². The van der Waals surface area contributed by atoms with E-state index in [2.05, 4.69) is 10.3 Å². The van der Waals surface area contributed by atoms with E-state index >= 15 is 0 Å². The molecule has 2 rings (SSSR count). The highest BCUT2D eigenvalue weighted by atomic mass is 32.1. The average Bonchev–Trinajstić information content (AvgIpc) is 2.77. The van der Waals surface area contributed by atoms with Crippen molar-refractivity contribution in [1.82, 2.24) is 9.88 Å². The number of thiazole rings is 1. The Morgan fingerprint density at radius 3 is 2.58 bits per heavy atom. The number of urea groups is 1. The van der Waals surface area contributed by atoms with Gasteiger partial charge in [0.1, 0.15) is 0 Å². The predicted octanol–water partition coefficient (Wildman–Crippen LogP) is 3.42. The molecule has 0 radical (unpaired) electrons. The Bertz CT molecular complexity index is 562. The Morgan fingerprint density at radius 1 is 1.32 bits per heavy atom. The topological polar surface area (TPSA) is 45.2 Å². The molecule has 0 saturated carbocycles. The van der Waals surface area contributed by atoms with Gasteiger partial charge in [0.05, 0.1) is 5.69 Å². The van der Waals surface area contributed by atoms with Crippen LogP contribution in [0.5, 0.6) is 0 Å². The van der Waals surface area contributed by atoms with Crippen LogP contribution in [0.4, 0.5) is 9.93 Å². The minimum absolute atomic E-state index is 0.144. The van der Waals surface area contributed by atoms with Crippen molar-refractivity contribution < 1.29 is 4.79 Å². The van der Waals surface area contributed by atoms with E-state index < -0.39 is 0 Å². The van der Waals surface area contributed by atoms with Crippen molar-refractivity contribution in [3.05, 3.63) is 46.5 Å². The molecule has 0 unspecified atom stereocenters. The molecule has 19 heavy (non-hydrogen) atoms. The maximum absolute atomic E-state index is 12.0. The standard InChI is InChI=1S/C14H17N3OS/c1-10-4-6-12(7-5-10)8-17(3)14(18)16-13-15-11(2)9-19-13/h4-7,9H,8H2,1-3H3,(H,15,16,18). The average molecular weight is 275 g/mol. The van der Waals surface area contributed by atoms with Gasteiger partial charge >= 0.3 is 6.03 Å². The van der Waals surface area contributed by atoms with Gasteiger partial charge in [-0.3, -0.25) is 5.32 Å². The molecule has 1 aromatic carbocycles. The molecule has 5 heteroatoms. The van der Waals surface area contributed by atoms with E-state index in [0.717, 1.165) is 11.3 Å². The quantitative estimate of drug-likeness (QED) is 0.932. The van der Waals surface area contributed by atoms with Crippen molar-refractivity contribution in [3.63, 3.8) is 0 Å². The van der Waals surface area contributed by atoms with Crippen molar-refractivity contribution >= 4 is 22.5 Å². The molecule has 0 atom stereocenters. The summed E-state index contributed by atoms with van der Waals surface area (Å²) in [7, 11) is 1.77. The summed E-state index contributed by atoms with van der Waals surface area (Å²) >= 11 is 1.43. The Kier molecular flexibility index (Phi) is 4.16. The van der Waals surface area contributed by atoms with Gasteiger partial charge in [0.25, 0.3) is 0 Å². The minimum atomic E-state index is -0.144. The largest absolute Gasteiger partial charge is 0.323 e. The number of rotatable bonds is 3. The summed E-state index contributed by atoms with van der Waals surface area (Å²) in [4.78, 5) is 17.8. The van der Waals surface area contributed by atoms with E-state index in [1.807, 2.05) is 43.5 Å². The first kappa shape index (κ1) is 13.5. The number of carbonyl (C=O) groups is 1. The lowest BCUT2D eigenvalue weighted by Crippen LogP contribution is -2.30. The zero-order valence-electron chi connectivity index (χ0n) is 11.3. The van der Waals surface area contributed by atoms with Crippen LogP contribution in [0, 0.1) is 13.8 Å². The molecule has 100 valence electrons. The van der Waals surface area contributed by atoms with E-state index in [1.54, 1.807) is 11.9 Å².